The molecule has 0 bridgehead atoms. The molecule has 1 aromatic heterocycles. The van der Waals surface area contributed by atoms with Gasteiger partial charge in [0.2, 0.25) is 15.9 Å². The number of likely N-dealkylation sites (tertiary alicyclic amines) is 1. The number of hydrogen-bond donors (Lipinski definition) is 2. The highest BCUT2D eigenvalue weighted by atomic mass is 35.5. The number of carbonyl (C=O) groups is 3. The van der Waals surface area contributed by atoms with E-state index in [-0.39, 0.29) is 27.7 Å². The number of carbonyl (C=O) groups excluding carboxylic acids is 3. The van der Waals surface area contributed by atoms with Crippen molar-refractivity contribution in [3.63, 3.8) is 0 Å². The number of nitrogens with one attached hydrogen (secondary N) is 2. The molecule has 0 spiro atoms. The van der Waals surface area contributed by atoms with E-state index < -0.39 is 5.91 Å². The maximum absolute atomic E-state index is 12.9. The summed E-state index contributed by atoms with van der Waals surface area (Å²) in [5, 5.41) is 14.3. The molecule has 33 heavy (non-hydrogen) atoms. The van der Waals surface area contributed by atoms with Crippen LogP contribution >= 0.6 is 22.9 Å². The maximum Gasteiger partial charge on any atom is 0.286 e. The third-order valence-electron chi connectivity index (χ3n) is 5.61. The molecular weight excluding hydrogens is 464 g/mol. The zero-order valence-electron chi connectivity index (χ0n) is 18.8. The fourth-order valence-electron chi connectivity index (χ4n) is 3.65. The number of aromatic nitrogens is 2. The van der Waals surface area contributed by atoms with Gasteiger partial charge in [0.15, 0.2) is 0 Å². The van der Waals surface area contributed by atoms with Crippen molar-refractivity contribution in [3.8, 4) is 0 Å². The van der Waals surface area contributed by atoms with Crippen molar-refractivity contribution in [1.29, 1.82) is 0 Å². The number of halogens is 1. The van der Waals surface area contributed by atoms with E-state index in [0.717, 1.165) is 43.8 Å². The van der Waals surface area contributed by atoms with Gasteiger partial charge in [0, 0.05) is 36.9 Å². The first-order chi connectivity index (χ1) is 15.9. The van der Waals surface area contributed by atoms with Crippen LogP contribution in [0.15, 0.2) is 24.3 Å². The quantitative estimate of drug-likeness (QED) is 0.557. The summed E-state index contributed by atoms with van der Waals surface area (Å²) in [5.74, 6) is -1.03. The van der Waals surface area contributed by atoms with E-state index in [4.69, 9.17) is 11.6 Å². The van der Waals surface area contributed by atoms with E-state index in [9.17, 15) is 14.4 Å². The minimum atomic E-state index is -0.446. The number of benzene rings is 1. The Hall–Kier alpha value is -2.56. The Bertz CT molecular complexity index is 963. The molecule has 0 aliphatic carbocycles. The zero-order chi connectivity index (χ0) is 23.8. The standard InChI is InChI=1S/C22H29ClN6O3S/c1-3-28(4-2)13-11-24-18(30)15-6-5-12-29(14-15)22(32)21-27-26-20(33-21)19(31)25-17-9-7-16(23)8-10-17/h7-10,15H,3-6,11-14H2,1-2H3,(H,24,30)(H,25,31)/t15-/m1/s1. The van der Waals surface area contributed by atoms with Crippen LogP contribution in [0.1, 0.15) is 46.3 Å². The van der Waals surface area contributed by atoms with E-state index in [0.29, 0.717) is 30.3 Å². The van der Waals surface area contributed by atoms with Crippen LogP contribution in [0.3, 0.4) is 0 Å². The van der Waals surface area contributed by atoms with Gasteiger partial charge in [-0.1, -0.05) is 36.8 Å². The van der Waals surface area contributed by atoms with Crippen molar-refractivity contribution in [3.05, 3.63) is 39.3 Å². The van der Waals surface area contributed by atoms with Crippen molar-refractivity contribution in [1.82, 2.24) is 25.3 Å². The van der Waals surface area contributed by atoms with Gasteiger partial charge in [-0.3, -0.25) is 14.4 Å². The minimum Gasteiger partial charge on any atom is -0.355 e. The van der Waals surface area contributed by atoms with Crippen LogP contribution in [0, 0.1) is 5.92 Å². The Morgan fingerprint density at radius 1 is 1.15 bits per heavy atom. The summed E-state index contributed by atoms with van der Waals surface area (Å²) in [5.41, 5.74) is 0.568. The van der Waals surface area contributed by atoms with Crippen LogP contribution < -0.4 is 10.6 Å². The average molecular weight is 493 g/mol. The number of anilines is 1. The Labute approximate surface area is 202 Å². The molecule has 3 rings (SSSR count). The Balaban J connectivity index is 1.54. The molecule has 0 unspecified atom stereocenters. The molecular formula is C22H29ClN6O3S. The second kappa shape index (κ2) is 12.1. The molecule has 1 aromatic carbocycles. The lowest BCUT2D eigenvalue weighted by Gasteiger charge is -2.31. The van der Waals surface area contributed by atoms with Crippen LogP contribution in [0.25, 0.3) is 0 Å². The fraction of sp³-hybridized carbons (Fsp3) is 0.500. The molecule has 1 saturated heterocycles. The van der Waals surface area contributed by atoms with Gasteiger partial charge < -0.3 is 20.4 Å². The third kappa shape index (κ3) is 6.96. The Morgan fingerprint density at radius 3 is 2.55 bits per heavy atom. The highest BCUT2D eigenvalue weighted by Crippen LogP contribution is 2.21. The minimum absolute atomic E-state index is 0.0278. The largest absolute Gasteiger partial charge is 0.355 e. The fourth-order valence-corrected chi connectivity index (χ4v) is 4.48. The molecule has 1 aliphatic heterocycles. The van der Waals surface area contributed by atoms with Gasteiger partial charge in [-0.05, 0) is 50.2 Å². The SMILES string of the molecule is CCN(CC)CCNC(=O)[C@@H]1CCCN(C(=O)c2nnc(C(=O)Nc3ccc(Cl)cc3)s2)C1. The summed E-state index contributed by atoms with van der Waals surface area (Å²) in [7, 11) is 0. The van der Waals surface area contributed by atoms with Crippen molar-refractivity contribution in [2.24, 2.45) is 5.92 Å². The second-order valence-electron chi connectivity index (χ2n) is 7.78. The van der Waals surface area contributed by atoms with E-state index in [1.165, 1.54) is 0 Å². The van der Waals surface area contributed by atoms with E-state index in [2.05, 4.69) is 39.6 Å². The summed E-state index contributed by atoms with van der Waals surface area (Å²) < 4.78 is 0. The summed E-state index contributed by atoms with van der Waals surface area (Å²) in [4.78, 5) is 41.8. The maximum atomic E-state index is 12.9. The molecule has 11 heteroatoms. The van der Waals surface area contributed by atoms with Gasteiger partial charge in [-0.15, -0.1) is 10.2 Å². The highest BCUT2D eigenvalue weighted by molar-refractivity contribution is 7.15. The topological polar surface area (TPSA) is 108 Å². The number of hydrogen-bond acceptors (Lipinski definition) is 7. The summed E-state index contributed by atoms with van der Waals surface area (Å²) in [6.45, 7) is 8.36. The molecule has 2 heterocycles. The number of amides is 3. The van der Waals surface area contributed by atoms with Gasteiger partial charge in [-0.25, -0.2) is 0 Å². The predicted molar refractivity (Wildman–Crippen MR) is 129 cm³/mol. The van der Waals surface area contributed by atoms with Gasteiger partial charge in [0.25, 0.3) is 11.8 Å². The van der Waals surface area contributed by atoms with Gasteiger partial charge in [-0.2, -0.15) is 0 Å². The van der Waals surface area contributed by atoms with Crippen molar-refractivity contribution >= 4 is 46.3 Å². The number of piperidine rings is 1. The second-order valence-corrected chi connectivity index (χ2v) is 9.20. The molecule has 3 amide bonds. The number of likely N-dealkylation sites (N-methyl/N-ethyl adjacent to an activating group) is 1. The molecule has 2 aromatic rings. The lowest BCUT2D eigenvalue weighted by atomic mass is 9.97. The Kier molecular flexibility index (Phi) is 9.16. The molecule has 2 N–H and O–H groups in total. The van der Waals surface area contributed by atoms with Gasteiger partial charge in [0.05, 0.1) is 5.92 Å². The monoisotopic (exact) mass is 492 g/mol. The molecule has 1 fully saturated rings. The smallest absolute Gasteiger partial charge is 0.286 e. The zero-order valence-corrected chi connectivity index (χ0v) is 20.4. The Morgan fingerprint density at radius 2 is 1.85 bits per heavy atom. The first kappa shape index (κ1) is 25.1. The summed E-state index contributed by atoms with van der Waals surface area (Å²) >= 11 is 6.79. The molecule has 1 aliphatic rings. The van der Waals surface area contributed by atoms with Crippen LogP contribution in [0.4, 0.5) is 5.69 Å². The summed E-state index contributed by atoms with van der Waals surface area (Å²) in [6.07, 6.45) is 1.48. The third-order valence-corrected chi connectivity index (χ3v) is 6.77. The molecule has 0 radical (unpaired) electrons. The van der Waals surface area contributed by atoms with Crippen LogP contribution in [0.2, 0.25) is 5.02 Å². The normalized spacial score (nSPS) is 16.0. The number of nitrogens with zero attached hydrogens (tertiary/aromatic N) is 4. The van der Waals surface area contributed by atoms with Crippen molar-refractivity contribution < 1.29 is 14.4 Å². The average Bonchev–Trinajstić information content (AvgIpc) is 3.33. The lowest BCUT2D eigenvalue weighted by molar-refractivity contribution is -0.126. The van der Waals surface area contributed by atoms with E-state index in [1.807, 2.05) is 0 Å². The highest BCUT2D eigenvalue weighted by Gasteiger charge is 2.30. The van der Waals surface area contributed by atoms with Crippen LogP contribution in [-0.2, 0) is 4.79 Å². The van der Waals surface area contributed by atoms with Crippen LogP contribution in [0.5, 0.6) is 0 Å². The van der Waals surface area contributed by atoms with Crippen molar-refractivity contribution in [2.75, 3.05) is 44.6 Å². The van der Waals surface area contributed by atoms with Crippen molar-refractivity contribution in [2.45, 2.75) is 26.7 Å². The molecule has 178 valence electrons. The predicted octanol–water partition coefficient (Wildman–Crippen LogP) is 2.75. The lowest BCUT2D eigenvalue weighted by Crippen LogP contribution is -2.46. The molecule has 0 saturated carbocycles. The number of rotatable bonds is 9. The first-order valence-corrected chi connectivity index (χ1v) is 12.3. The van der Waals surface area contributed by atoms with Crippen LogP contribution in [-0.4, -0.2) is 77.0 Å². The van der Waals surface area contributed by atoms with Gasteiger partial charge in [0.1, 0.15) is 0 Å². The molecule has 9 nitrogen and oxygen atoms in total. The van der Waals surface area contributed by atoms with Gasteiger partial charge >= 0.3 is 0 Å². The van der Waals surface area contributed by atoms with E-state index >= 15 is 0 Å². The summed E-state index contributed by atoms with van der Waals surface area (Å²) in [6, 6.07) is 6.68. The van der Waals surface area contributed by atoms with E-state index in [1.54, 1.807) is 29.2 Å². The first-order valence-electron chi connectivity index (χ1n) is 11.1. The molecule has 1 atom stereocenters.